The van der Waals surface area contributed by atoms with E-state index in [1.54, 1.807) is 6.92 Å². The highest BCUT2D eigenvalue weighted by atomic mass is 19.1. The largest absolute Gasteiger partial charge is 0.511 e. The predicted octanol–water partition coefficient (Wildman–Crippen LogP) is 1.82. The average molecular weight is 433 g/mol. The summed E-state index contributed by atoms with van der Waals surface area (Å²) >= 11 is 0. The van der Waals surface area contributed by atoms with E-state index in [9.17, 15) is 9.59 Å². The molecule has 2 aliphatic heterocycles. The molecule has 0 bridgehead atoms. The number of anilines is 1. The smallest absolute Gasteiger partial charge is 0.449 e. The van der Waals surface area contributed by atoms with Crippen LogP contribution >= 0.6 is 0 Å². The lowest BCUT2D eigenvalue weighted by atomic mass is 10.0. The van der Waals surface area contributed by atoms with Gasteiger partial charge in [0.2, 0.25) is 0 Å². The van der Waals surface area contributed by atoms with E-state index in [0.717, 1.165) is 29.0 Å². The summed E-state index contributed by atoms with van der Waals surface area (Å²) < 4.78 is 32.4. The third-order valence-corrected chi connectivity index (χ3v) is 6.35. The summed E-state index contributed by atoms with van der Waals surface area (Å²) in [5.74, 6) is -0.814. The molecule has 166 valence electrons. The van der Waals surface area contributed by atoms with E-state index < -0.39 is 23.8 Å². The molecular weight excluding hydrogens is 409 g/mol. The molecule has 0 spiro atoms. The van der Waals surface area contributed by atoms with E-state index in [-0.39, 0.29) is 23.6 Å². The second-order valence-corrected chi connectivity index (χ2v) is 8.42. The van der Waals surface area contributed by atoms with Crippen molar-refractivity contribution in [1.29, 1.82) is 0 Å². The lowest BCUT2D eigenvalue weighted by Crippen LogP contribution is -2.37. The molecule has 0 radical (unpaired) electrons. The normalized spacial score (nSPS) is 24.3. The maximum Gasteiger partial charge on any atom is 0.511 e. The number of nitrogens with zero attached hydrogens (tertiary/aromatic N) is 2. The van der Waals surface area contributed by atoms with Gasteiger partial charge in [0.1, 0.15) is 0 Å². The van der Waals surface area contributed by atoms with Gasteiger partial charge in [-0.25, -0.2) is 9.18 Å². The first-order valence-corrected chi connectivity index (χ1v) is 10.4. The first-order valence-electron chi connectivity index (χ1n) is 10.4. The van der Waals surface area contributed by atoms with Crippen LogP contribution in [0.25, 0.3) is 5.52 Å². The maximum absolute atomic E-state index is 15.3. The molecule has 0 aromatic carbocycles. The molecule has 3 N–H and O–H groups in total. The number of halogens is 1. The van der Waals surface area contributed by atoms with Crippen molar-refractivity contribution in [2.45, 2.75) is 38.0 Å². The highest BCUT2D eigenvalue weighted by Crippen LogP contribution is 2.45. The fourth-order valence-corrected chi connectivity index (χ4v) is 4.83. The Labute approximate surface area is 177 Å². The standard InChI is InChI=1S/C21H24FN3O6/c1-10-17-12(11-2-3-11)6-16(31-21(27)28)19(26)25(17)8-14(22)18(10)24-7-13(15(23)9-24)20-29-4-5-30-20/h6,8,11,13,15,20H,2-5,7,9,23H2,1H3,(H,27,28). The Kier molecular flexibility index (Phi) is 4.87. The van der Waals surface area contributed by atoms with Gasteiger partial charge in [0.25, 0.3) is 5.56 Å². The number of ether oxygens (including phenoxy) is 3. The zero-order valence-corrected chi connectivity index (χ0v) is 17.0. The van der Waals surface area contributed by atoms with Crippen LogP contribution in [0.1, 0.15) is 29.9 Å². The van der Waals surface area contributed by atoms with Gasteiger partial charge >= 0.3 is 6.16 Å². The summed E-state index contributed by atoms with van der Waals surface area (Å²) in [6.07, 6.45) is 0.964. The molecule has 2 aromatic rings. The van der Waals surface area contributed by atoms with Gasteiger partial charge < -0.3 is 30.0 Å². The summed E-state index contributed by atoms with van der Waals surface area (Å²) in [5, 5.41) is 8.96. The third-order valence-electron chi connectivity index (χ3n) is 6.35. The number of rotatable bonds is 4. The van der Waals surface area contributed by atoms with Crippen molar-refractivity contribution in [3.63, 3.8) is 0 Å². The Morgan fingerprint density at radius 1 is 1.29 bits per heavy atom. The SMILES string of the molecule is Cc1c(N2CC(N)C(C3OCCO3)C2)c(F)cn2c(=O)c(OC(=O)O)cc(C3CC3)c12. The Bertz CT molecular complexity index is 1110. The Hall–Kier alpha value is -2.69. The fourth-order valence-electron chi connectivity index (χ4n) is 4.83. The first kappa shape index (κ1) is 20.2. The quantitative estimate of drug-likeness (QED) is 0.702. The van der Waals surface area contributed by atoms with Crippen molar-refractivity contribution in [1.82, 2.24) is 4.40 Å². The van der Waals surface area contributed by atoms with E-state index in [1.807, 2.05) is 4.90 Å². The van der Waals surface area contributed by atoms with Gasteiger partial charge in [-0.3, -0.25) is 9.20 Å². The minimum absolute atomic E-state index is 0.0889. The van der Waals surface area contributed by atoms with Gasteiger partial charge in [-0.1, -0.05) is 0 Å². The van der Waals surface area contributed by atoms with Gasteiger partial charge in [0.05, 0.1) is 30.6 Å². The molecule has 2 atom stereocenters. The van der Waals surface area contributed by atoms with Crippen molar-refractivity contribution in [2.24, 2.45) is 11.7 Å². The lowest BCUT2D eigenvalue weighted by Gasteiger charge is -2.24. The topological polar surface area (TPSA) is 116 Å². The lowest BCUT2D eigenvalue weighted by molar-refractivity contribution is -0.0807. The van der Waals surface area contributed by atoms with Crippen molar-refractivity contribution < 1.29 is 28.5 Å². The molecule has 31 heavy (non-hydrogen) atoms. The van der Waals surface area contributed by atoms with Gasteiger partial charge in [-0.2, -0.15) is 0 Å². The number of aromatic nitrogens is 1. The van der Waals surface area contributed by atoms with Gasteiger partial charge in [-0.15, -0.1) is 0 Å². The average Bonchev–Trinajstić information content (AvgIpc) is 3.27. The second-order valence-electron chi connectivity index (χ2n) is 8.42. The van der Waals surface area contributed by atoms with E-state index in [4.69, 9.17) is 20.3 Å². The number of carboxylic acid groups (broad SMARTS) is 1. The predicted molar refractivity (Wildman–Crippen MR) is 108 cm³/mol. The summed E-state index contributed by atoms with van der Waals surface area (Å²) in [7, 11) is 0. The zero-order valence-electron chi connectivity index (χ0n) is 17.0. The van der Waals surface area contributed by atoms with E-state index in [2.05, 4.69) is 4.74 Å². The molecule has 3 aliphatic rings. The number of nitrogens with two attached hydrogens (primary N) is 1. The molecule has 1 saturated carbocycles. The summed E-state index contributed by atoms with van der Waals surface area (Å²) in [6, 6.07) is 1.24. The molecule has 10 heteroatoms. The highest BCUT2D eigenvalue weighted by Gasteiger charge is 2.40. The molecule has 4 heterocycles. The monoisotopic (exact) mass is 433 g/mol. The second kappa shape index (κ2) is 7.47. The first-order chi connectivity index (χ1) is 14.8. The number of aryl methyl sites for hydroxylation is 1. The summed E-state index contributed by atoms with van der Waals surface area (Å²) in [4.78, 5) is 25.7. The van der Waals surface area contributed by atoms with Crippen LogP contribution in [-0.2, 0) is 9.47 Å². The Morgan fingerprint density at radius 3 is 2.65 bits per heavy atom. The third kappa shape index (κ3) is 3.44. The number of carbonyl (C=O) groups is 1. The van der Waals surface area contributed by atoms with Crippen molar-refractivity contribution >= 4 is 17.4 Å². The van der Waals surface area contributed by atoms with E-state index >= 15 is 4.39 Å². The van der Waals surface area contributed by atoms with Crippen LogP contribution in [0.15, 0.2) is 17.1 Å². The van der Waals surface area contributed by atoms with Gasteiger partial charge in [0, 0.05) is 25.0 Å². The van der Waals surface area contributed by atoms with Crippen LogP contribution in [0.4, 0.5) is 14.9 Å². The number of hydrogen-bond acceptors (Lipinski definition) is 7. The fraction of sp³-hybridized carbons (Fsp3) is 0.524. The van der Waals surface area contributed by atoms with Crippen molar-refractivity contribution in [3.05, 3.63) is 39.6 Å². The molecule has 1 aliphatic carbocycles. The number of fused-ring (bicyclic) bond motifs is 1. The molecule has 2 saturated heterocycles. The molecule has 2 aromatic heterocycles. The van der Waals surface area contributed by atoms with Gasteiger partial charge in [-0.05, 0) is 42.9 Å². The van der Waals surface area contributed by atoms with Crippen molar-refractivity contribution in [2.75, 3.05) is 31.2 Å². The molecule has 2 unspecified atom stereocenters. The molecule has 0 amide bonds. The molecule has 3 fully saturated rings. The number of pyridine rings is 2. The summed E-state index contributed by atoms with van der Waals surface area (Å²) in [5.41, 5.74) is 8.00. The van der Waals surface area contributed by atoms with Crippen LogP contribution in [0.3, 0.4) is 0 Å². The minimum atomic E-state index is -1.58. The zero-order chi connectivity index (χ0) is 21.9. The van der Waals surface area contributed by atoms with Crippen molar-refractivity contribution in [3.8, 4) is 5.75 Å². The van der Waals surface area contributed by atoms with E-state index in [0.29, 0.717) is 43.1 Å². The molecular formula is C21H24FN3O6. The van der Waals surface area contributed by atoms with E-state index in [1.165, 1.54) is 6.07 Å². The minimum Gasteiger partial charge on any atom is -0.449 e. The van der Waals surface area contributed by atoms with Crippen LogP contribution in [0.2, 0.25) is 0 Å². The van der Waals surface area contributed by atoms with Crippen LogP contribution in [0, 0.1) is 18.7 Å². The van der Waals surface area contributed by atoms with Gasteiger partial charge in [0.15, 0.2) is 17.9 Å². The Morgan fingerprint density at radius 2 is 2.00 bits per heavy atom. The van der Waals surface area contributed by atoms with Crippen LogP contribution in [0.5, 0.6) is 5.75 Å². The summed E-state index contributed by atoms with van der Waals surface area (Å²) in [6.45, 7) is 3.73. The Balaban J connectivity index is 1.61. The molecule has 5 rings (SSSR count). The van der Waals surface area contributed by atoms with Crippen LogP contribution < -0.4 is 20.9 Å². The van der Waals surface area contributed by atoms with Crippen LogP contribution in [-0.4, -0.2) is 54.3 Å². The number of hydrogen-bond donors (Lipinski definition) is 2. The molecule has 9 nitrogen and oxygen atoms in total. The highest BCUT2D eigenvalue weighted by molar-refractivity contribution is 5.74. The maximum atomic E-state index is 15.3.